The van der Waals surface area contributed by atoms with Gasteiger partial charge in [-0.3, -0.25) is 0 Å². The van der Waals surface area contributed by atoms with E-state index in [1.54, 1.807) is 0 Å². The predicted molar refractivity (Wildman–Crippen MR) is 56.2 cm³/mol. The molecule has 2 aromatic heterocycles. The van der Waals surface area contributed by atoms with Gasteiger partial charge in [-0.05, 0) is 32.0 Å². The molecule has 0 radical (unpaired) electrons. The van der Waals surface area contributed by atoms with Crippen LogP contribution in [-0.2, 0) is 0 Å². The Hall–Kier alpha value is -1.44. The second-order valence-electron chi connectivity index (χ2n) is 3.52. The molecule has 0 fully saturated rings. The van der Waals surface area contributed by atoms with E-state index in [0.717, 1.165) is 0 Å². The maximum absolute atomic E-state index is 3.41. The van der Waals surface area contributed by atoms with Crippen molar-refractivity contribution in [3.63, 3.8) is 0 Å². The summed E-state index contributed by atoms with van der Waals surface area (Å²) in [6.45, 7) is 4.29. The number of aromatic nitrogens is 1. The van der Waals surface area contributed by atoms with Gasteiger partial charge in [-0.2, -0.15) is 0 Å². The molecule has 13 heavy (non-hydrogen) atoms. The highest BCUT2D eigenvalue weighted by Crippen LogP contribution is 2.18. The summed E-state index contributed by atoms with van der Waals surface area (Å²) in [5, 5.41) is 3.41. The number of pyridine rings is 1. The summed E-state index contributed by atoms with van der Waals surface area (Å²) in [4.78, 5) is 0. The van der Waals surface area contributed by atoms with Crippen LogP contribution in [0, 0.1) is 0 Å². The molecule has 0 aliphatic heterocycles. The molecule has 0 aromatic carbocycles. The van der Waals surface area contributed by atoms with Gasteiger partial charge in [0.1, 0.15) is 0 Å². The summed E-state index contributed by atoms with van der Waals surface area (Å²) in [7, 11) is 0. The minimum absolute atomic E-state index is 0.478. The monoisotopic (exact) mass is 174 g/mol. The van der Waals surface area contributed by atoms with Crippen molar-refractivity contribution in [3.8, 4) is 0 Å². The lowest BCUT2D eigenvalue weighted by atomic mass is 10.3. The van der Waals surface area contributed by atoms with Crippen molar-refractivity contribution < 1.29 is 0 Å². The average molecular weight is 174 g/mol. The van der Waals surface area contributed by atoms with E-state index in [1.807, 2.05) is 6.07 Å². The zero-order valence-corrected chi connectivity index (χ0v) is 7.99. The number of hydrogen-bond acceptors (Lipinski definition) is 1. The highest BCUT2D eigenvalue weighted by molar-refractivity contribution is 5.72. The molecule has 2 heteroatoms. The molecule has 0 aliphatic carbocycles. The molecule has 0 aliphatic rings. The van der Waals surface area contributed by atoms with Gasteiger partial charge in [-0.1, -0.05) is 6.07 Å². The third-order valence-corrected chi connectivity index (χ3v) is 2.01. The van der Waals surface area contributed by atoms with Crippen LogP contribution >= 0.6 is 0 Å². The molecule has 0 unspecified atom stereocenters. The highest BCUT2D eigenvalue weighted by atomic mass is 15.0. The minimum atomic E-state index is 0.478. The second-order valence-corrected chi connectivity index (χ2v) is 3.52. The van der Waals surface area contributed by atoms with Gasteiger partial charge in [0.25, 0.3) is 0 Å². The smallest absolute Gasteiger partial charge is 0.0683 e. The first-order valence-corrected chi connectivity index (χ1v) is 4.59. The third kappa shape index (κ3) is 1.52. The van der Waals surface area contributed by atoms with Crippen LogP contribution in [0.1, 0.15) is 13.8 Å². The molecule has 0 atom stereocenters. The molecule has 68 valence electrons. The topological polar surface area (TPSA) is 16.4 Å². The summed E-state index contributed by atoms with van der Waals surface area (Å²) in [6.07, 6.45) is 4.13. The molecule has 2 heterocycles. The molecule has 2 rings (SSSR count). The lowest BCUT2D eigenvalue weighted by molar-refractivity contribution is 0.902. The first-order valence-electron chi connectivity index (χ1n) is 4.59. The van der Waals surface area contributed by atoms with E-state index in [0.29, 0.717) is 6.04 Å². The summed E-state index contributed by atoms with van der Waals surface area (Å²) in [5.41, 5.74) is 2.44. The van der Waals surface area contributed by atoms with E-state index in [4.69, 9.17) is 0 Å². The Kier molecular flexibility index (Phi) is 1.97. The molecule has 0 bridgehead atoms. The molecule has 0 spiro atoms. The Morgan fingerprint density at radius 3 is 2.77 bits per heavy atom. The maximum Gasteiger partial charge on any atom is 0.0683 e. The standard InChI is InChI=1S/C11H14N2/c1-9(2)12-10-6-8-13-7-4-3-5-11(10)13/h3-9,12H,1-2H3. The molecular weight excluding hydrogens is 160 g/mol. The SMILES string of the molecule is CC(C)Nc1ccn2ccccc12. The highest BCUT2D eigenvalue weighted by Gasteiger charge is 2.01. The zero-order chi connectivity index (χ0) is 9.26. The average Bonchev–Trinajstić information content (AvgIpc) is 2.48. The summed E-state index contributed by atoms with van der Waals surface area (Å²) in [6, 6.07) is 8.79. The first-order chi connectivity index (χ1) is 6.27. The number of hydrogen-bond donors (Lipinski definition) is 1. The third-order valence-electron chi connectivity index (χ3n) is 2.01. The second kappa shape index (κ2) is 3.13. The number of fused-ring (bicyclic) bond motifs is 1. The number of nitrogens with one attached hydrogen (secondary N) is 1. The Morgan fingerprint density at radius 1 is 1.15 bits per heavy atom. The van der Waals surface area contributed by atoms with Gasteiger partial charge in [0.15, 0.2) is 0 Å². The lowest BCUT2D eigenvalue weighted by Crippen LogP contribution is -2.08. The van der Waals surface area contributed by atoms with Crippen LogP contribution in [0.3, 0.4) is 0 Å². The zero-order valence-electron chi connectivity index (χ0n) is 7.99. The summed E-state index contributed by atoms with van der Waals surface area (Å²) >= 11 is 0. The maximum atomic E-state index is 3.41. The van der Waals surface area contributed by atoms with Crippen LogP contribution in [0.2, 0.25) is 0 Å². The van der Waals surface area contributed by atoms with Gasteiger partial charge >= 0.3 is 0 Å². The van der Waals surface area contributed by atoms with Gasteiger partial charge < -0.3 is 9.72 Å². The van der Waals surface area contributed by atoms with Crippen LogP contribution in [0.5, 0.6) is 0 Å². The summed E-state index contributed by atoms with van der Waals surface area (Å²) in [5.74, 6) is 0. The Balaban J connectivity index is 2.46. The quantitative estimate of drug-likeness (QED) is 0.740. The van der Waals surface area contributed by atoms with Crippen molar-refractivity contribution in [2.45, 2.75) is 19.9 Å². The minimum Gasteiger partial charge on any atom is -0.381 e. The van der Waals surface area contributed by atoms with Crippen molar-refractivity contribution in [1.82, 2.24) is 4.40 Å². The fraction of sp³-hybridized carbons (Fsp3) is 0.273. The van der Waals surface area contributed by atoms with Gasteiger partial charge in [-0.25, -0.2) is 0 Å². The van der Waals surface area contributed by atoms with E-state index in [9.17, 15) is 0 Å². The van der Waals surface area contributed by atoms with Crippen molar-refractivity contribution in [3.05, 3.63) is 36.7 Å². The lowest BCUT2D eigenvalue weighted by Gasteiger charge is -2.08. The van der Waals surface area contributed by atoms with Gasteiger partial charge in [0, 0.05) is 18.4 Å². The van der Waals surface area contributed by atoms with E-state index >= 15 is 0 Å². The van der Waals surface area contributed by atoms with Gasteiger partial charge in [0.05, 0.1) is 11.2 Å². The molecule has 2 nitrogen and oxygen atoms in total. The van der Waals surface area contributed by atoms with Crippen molar-refractivity contribution >= 4 is 11.2 Å². The van der Waals surface area contributed by atoms with E-state index in [-0.39, 0.29) is 0 Å². The number of anilines is 1. The van der Waals surface area contributed by atoms with Crippen molar-refractivity contribution in [2.24, 2.45) is 0 Å². The largest absolute Gasteiger partial charge is 0.381 e. The fourth-order valence-corrected chi connectivity index (χ4v) is 1.49. The normalized spacial score (nSPS) is 11.0. The molecule has 0 amide bonds. The van der Waals surface area contributed by atoms with Gasteiger partial charge in [-0.15, -0.1) is 0 Å². The molecule has 0 saturated heterocycles. The summed E-state index contributed by atoms with van der Waals surface area (Å²) < 4.78 is 2.12. The van der Waals surface area contributed by atoms with Crippen LogP contribution in [-0.4, -0.2) is 10.4 Å². The van der Waals surface area contributed by atoms with E-state index in [1.165, 1.54) is 11.2 Å². The Bertz CT molecular complexity index is 401. The van der Waals surface area contributed by atoms with Crippen molar-refractivity contribution in [1.29, 1.82) is 0 Å². The van der Waals surface area contributed by atoms with Crippen LogP contribution in [0.4, 0.5) is 5.69 Å². The first kappa shape index (κ1) is 8.17. The molecule has 1 N–H and O–H groups in total. The fourth-order valence-electron chi connectivity index (χ4n) is 1.49. The van der Waals surface area contributed by atoms with Gasteiger partial charge in [0.2, 0.25) is 0 Å². The Morgan fingerprint density at radius 2 is 2.00 bits per heavy atom. The van der Waals surface area contributed by atoms with E-state index in [2.05, 4.69) is 54.2 Å². The molecule has 2 aromatic rings. The van der Waals surface area contributed by atoms with Crippen molar-refractivity contribution in [2.75, 3.05) is 5.32 Å². The van der Waals surface area contributed by atoms with Crippen LogP contribution in [0.15, 0.2) is 36.7 Å². The van der Waals surface area contributed by atoms with E-state index < -0.39 is 0 Å². The molecular formula is C11H14N2. The predicted octanol–water partition coefficient (Wildman–Crippen LogP) is 2.76. The van der Waals surface area contributed by atoms with Crippen LogP contribution in [0.25, 0.3) is 5.52 Å². The number of nitrogens with zero attached hydrogens (tertiary/aromatic N) is 1. The number of rotatable bonds is 2. The molecule has 0 saturated carbocycles. The Labute approximate surface area is 78.2 Å². The van der Waals surface area contributed by atoms with Crippen LogP contribution < -0.4 is 5.32 Å².